The van der Waals surface area contributed by atoms with Crippen molar-refractivity contribution < 1.29 is 5.11 Å². The van der Waals surface area contributed by atoms with E-state index in [0.29, 0.717) is 18.5 Å². The highest BCUT2D eigenvalue weighted by Crippen LogP contribution is 2.29. The molecule has 2 N–H and O–H groups in total. The van der Waals surface area contributed by atoms with Crippen molar-refractivity contribution in [1.29, 1.82) is 0 Å². The van der Waals surface area contributed by atoms with Crippen LogP contribution in [0.15, 0.2) is 12.4 Å². The first-order chi connectivity index (χ1) is 9.22. The number of hydrogen-bond donors (Lipinski definition) is 2. The Labute approximate surface area is 111 Å². The molecular weight excluding hydrogens is 242 g/mol. The summed E-state index contributed by atoms with van der Waals surface area (Å²) in [6, 6.07) is 0.517. The van der Waals surface area contributed by atoms with Crippen LogP contribution in [0, 0.1) is 0 Å². The maximum atomic E-state index is 9.24. The monoisotopic (exact) mass is 261 g/mol. The third kappa shape index (κ3) is 2.68. The Kier molecular flexibility index (Phi) is 3.33. The molecule has 102 valence electrons. The van der Waals surface area contributed by atoms with Gasteiger partial charge < -0.3 is 10.4 Å². The number of fused-ring (bicyclic) bond motifs is 1. The average Bonchev–Trinajstić information content (AvgIpc) is 3.04. The smallest absolute Gasteiger partial charge is 0.224 e. The summed E-state index contributed by atoms with van der Waals surface area (Å²) >= 11 is 0. The fourth-order valence-corrected chi connectivity index (χ4v) is 2.51. The van der Waals surface area contributed by atoms with Crippen LogP contribution in [0.4, 0.5) is 5.95 Å². The summed E-state index contributed by atoms with van der Waals surface area (Å²) in [7, 11) is 0. The number of nitrogens with zero attached hydrogens (tertiary/aromatic N) is 4. The van der Waals surface area contributed by atoms with Crippen LogP contribution in [0.3, 0.4) is 0 Å². The second-order valence-electron chi connectivity index (χ2n) is 5.25. The molecule has 1 atom stereocenters. The predicted octanol–water partition coefficient (Wildman–Crippen LogP) is 1.73. The summed E-state index contributed by atoms with van der Waals surface area (Å²) in [5.41, 5.74) is 0.718. The molecule has 6 heteroatoms. The lowest BCUT2D eigenvalue weighted by atomic mass is 10.3. The molecule has 0 unspecified atom stereocenters. The van der Waals surface area contributed by atoms with Gasteiger partial charge in [0.15, 0.2) is 5.65 Å². The van der Waals surface area contributed by atoms with Crippen molar-refractivity contribution in [3.63, 3.8) is 0 Å². The van der Waals surface area contributed by atoms with Crippen molar-refractivity contribution in [2.75, 3.05) is 11.9 Å². The van der Waals surface area contributed by atoms with Crippen molar-refractivity contribution in [3.8, 4) is 0 Å². The van der Waals surface area contributed by atoms with E-state index < -0.39 is 6.10 Å². The molecule has 0 amide bonds. The van der Waals surface area contributed by atoms with Crippen LogP contribution in [0.2, 0.25) is 0 Å². The maximum Gasteiger partial charge on any atom is 0.224 e. The molecule has 2 heterocycles. The molecule has 1 fully saturated rings. The highest BCUT2D eigenvalue weighted by molar-refractivity contribution is 5.73. The topological polar surface area (TPSA) is 75.9 Å². The Bertz CT molecular complexity index is 559. The zero-order valence-electron chi connectivity index (χ0n) is 11.1. The lowest BCUT2D eigenvalue weighted by Crippen LogP contribution is -2.16. The van der Waals surface area contributed by atoms with Crippen molar-refractivity contribution in [1.82, 2.24) is 19.7 Å². The van der Waals surface area contributed by atoms with Gasteiger partial charge in [0, 0.05) is 18.9 Å². The summed E-state index contributed by atoms with van der Waals surface area (Å²) in [5, 5.41) is 17.7. The van der Waals surface area contributed by atoms with Crippen molar-refractivity contribution >= 4 is 17.0 Å². The molecule has 19 heavy (non-hydrogen) atoms. The minimum absolute atomic E-state index is 0.421. The summed E-state index contributed by atoms with van der Waals surface area (Å²) in [6.07, 6.45) is 8.37. The van der Waals surface area contributed by atoms with E-state index in [9.17, 15) is 5.11 Å². The highest BCUT2D eigenvalue weighted by Gasteiger charge is 2.18. The highest BCUT2D eigenvalue weighted by atomic mass is 16.3. The number of aliphatic hydroxyl groups is 1. The number of hydrogen-bond acceptors (Lipinski definition) is 5. The Morgan fingerprint density at radius 1 is 1.47 bits per heavy atom. The van der Waals surface area contributed by atoms with E-state index in [-0.39, 0.29) is 0 Å². The van der Waals surface area contributed by atoms with Gasteiger partial charge in [-0.2, -0.15) is 10.1 Å². The number of anilines is 1. The molecule has 0 radical (unpaired) electrons. The zero-order chi connectivity index (χ0) is 13.2. The van der Waals surface area contributed by atoms with Gasteiger partial charge in [-0.15, -0.1) is 0 Å². The summed E-state index contributed by atoms with van der Waals surface area (Å²) in [4.78, 5) is 8.61. The van der Waals surface area contributed by atoms with E-state index in [1.165, 1.54) is 25.7 Å². The SMILES string of the molecule is C[C@@H](O)CNc1ncc2cn(C3CCCC3)nc2n1. The molecule has 1 saturated carbocycles. The van der Waals surface area contributed by atoms with Gasteiger partial charge >= 0.3 is 0 Å². The van der Waals surface area contributed by atoms with Crippen LogP contribution >= 0.6 is 0 Å². The first kappa shape index (κ1) is 12.3. The normalized spacial score (nSPS) is 18.0. The number of rotatable bonds is 4. The fourth-order valence-electron chi connectivity index (χ4n) is 2.51. The quantitative estimate of drug-likeness (QED) is 0.876. The van der Waals surface area contributed by atoms with Gasteiger partial charge in [-0.25, -0.2) is 4.98 Å². The van der Waals surface area contributed by atoms with E-state index in [1.807, 2.05) is 10.9 Å². The minimum Gasteiger partial charge on any atom is -0.392 e. The van der Waals surface area contributed by atoms with E-state index in [0.717, 1.165) is 11.0 Å². The number of aromatic nitrogens is 4. The minimum atomic E-state index is -0.421. The lowest BCUT2D eigenvalue weighted by molar-refractivity contribution is 0.208. The van der Waals surface area contributed by atoms with Gasteiger partial charge in [0.2, 0.25) is 5.95 Å². The molecule has 0 aliphatic heterocycles. The third-order valence-corrected chi connectivity index (χ3v) is 3.53. The molecular formula is C13H19N5O. The third-order valence-electron chi connectivity index (χ3n) is 3.53. The maximum absolute atomic E-state index is 9.24. The van der Waals surface area contributed by atoms with Gasteiger partial charge in [0.05, 0.1) is 17.5 Å². The summed E-state index contributed by atoms with van der Waals surface area (Å²) in [6.45, 7) is 2.16. The Morgan fingerprint density at radius 2 is 2.26 bits per heavy atom. The van der Waals surface area contributed by atoms with E-state index in [1.54, 1.807) is 13.1 Å². The van der Waals surface area contributed by atoms with E-state index in [2.05, 4.69) is 20.4 Å². The van der Waals surface area contributed by atoms with Gasteiger partial charge in [-0.05, 0) is 19.8 Å². The van der Waals surface area contributed by atoms with Crippen molar-refractivity contribution in [2.45, 2.75) is 44.8 Å². The standard InChI is InChI=1S/C13H19N5O/c1-9(19)6-14-13-15-7-10-8-18(17-12(10)16-13)11-4-2-3-5-11/h7-9,11,19H,2-6H2,1H3,(H,14,16,17)/t9-/m1/s1. The fraction of sp³-hybridized carbons (Fsp3) is 0.615. The average molecular weight is 261 g/mol. The van der Waals surface area contributed by atoms with Gasteiger partial charge in [0.1, 0.15) is 0 Å². The van der Waals surface area contributed by atoms with Crippen LogP contribution in [-0.4, -0.2) is 37.5 Å². The molecule has 0 aromatic carbocycles. The molecule has 0 spiro atoms. The molecule has 2 aromatic rings. The second kappa shape index (κ2) is 5.13. The second-order valence-corrected chi connectivity index (χ2v) is 5.25. The van der Waals surface area contributed by atoms with E-state index in [4.69, 9.17) is 0 Å². The molecule has 0 saturated heterocycles. The van der Waals surface area contributed by atoms with Gasteiger partial charge in [-0.3, -0.25) is 4.68 Å². The van der Waals surface area contributed by atoms with Crippen molar-refractivity contribution in [2.24, 2.45) is 0 Å². The molecule has 0 bridgehead atoms. The molecule has 6 nitrogen and oxygen atoms in total. The largest absolute Gasteiger partial charge is 0.392 e. The molecule has 1 aliphatic rings. The van der Waals surface area contributed by atoms with Crippen LogP contribution in [0.1, 0.15) is 38.6 Å². The van der Waals surface area contributed by atoms with Crippen molar-refractivity contribution in [3.05, 3.63) is 12.4 Å². The Hall–Kier alpha value is -1.69. The zero-order valence-corrected chi connectivity index (χ0v) is 11.1. The molecule has 1 aliphatic carbocycles. The first-order valence-corrected chi connectivity index (χ1v) is 6.86. The lowest BCUT2D eigenvalue weighted by Gasteiger charge is -2.07. The van der Waals surface area contributed by atoms with Crippen LogP contribution in [0.5, 0.6) is 0 Å². The molecule has 3 rings (SSSR count). The van der Waals surface area contributed by atoms with Gasteiger partial charge in [-0.1, -0.05) is 12.8 Å². The molecule has 2 aromatic heterocycles. The van der Waals surface area contributed by atoms with Crippen LogP contribution in [0.25, 0.3) is 11.0 Å². The van der Waals surface area contributed by atoms with Crippen LogP contribution in [-0.2, 0) is 0 Å². The van der Waals surface area contributed by atoms with E-state index >= 15 is 0 Å². The number of aliphatic hydroxyl groups excluding tert-OH is 1. The Morgan fingerprint density at radius 3 is 3.00 bits per heavy atom. The first-order valence-electron chi connectivity index (χ1n) is 6.86. The number of nitrogens with one attached hydrogen (secondary N) is 1. The summed E-state index contributed by atoms with van der Waals surface area (Å²) in [5.74, 6) is 0.519. The summed E-state index contributed by atoms with van der Waals surface area (Å²) < 4.78 is 2.03. The predicted molar refractivity (Wildman–Crippen MR) is 73.0 cm³/mol. The van der Waals surface area contributed by atoms with Crippen LogP contribution < -0.4 is 5.32 Å². The van der Waals surface area contributed by atoms with Gasteiger partial charge in [0.25, 0.3) is 0 Å². The Balaban J connectivity index is 1.82.